The molecule has 10 heteroatoms. The van der Waals surface area contributed by atoms with Crippen LogP contribution in [-0.2, 0) is 23.2 Å². The number of aromatic nitrogens is 1. The van der Waals surface area contributed by atoms with Crippen molar-refractivity contribution in [2.75, 3.05) is 11.0 Å². The van der Waals surface area contributed by atoms with Crippen molar-refractivity contribution in [1.29, 1.82) is 0 Å². The topological polar surface area (TPSA) is 68.2 Å². The van der Waals surface area contributed by atoms with E-state index in [0.717, 1.165) is 15.5 Å². The molecule has 0 spiro atoms. The molecule has 0 amide bonds. The quantitative estimate of drug-likeness (QED) is 0.636. The van der Waals surface area contributed by atoms with Gasteiger partial charge < -0.3 is 4.57 Å². The van der Waals surface area contributed by atoms with Crippen LogP contribution >= 0.6 is 11.8 Å². The van der Waals surface area contributed by atoms with Crippen molar-refractivity contribution in [3.8, 4) is 0 Å². The van der Waals surface area contributed by atoms with Crippen LogP contribution in [-0.4, -0.2) is 19.2 Å². The molecule has 148 valence electrons. The average Bonchev–Trinajstić information content (AvgIpc) is 2.63. The molecule has 0 aliphatic heterocycles. The predicted octanol–water partition coefficient (Wildman–Crippen LogP) is 4.08. The summed E-state index contributed by atoms with van der Waals surface area (Å²) in [5, 5.41) is -0.365. The third-order valence-corrected chi connectivity index (χ3v) is 6.26. The summed E-state index contributed by atoms with van der Waals surface area (Å²) in [6.07, 6.45) is -2.96. The number of rotatable bonds is 4. The van der Waals surface area contributed by atoms with Crippen molar-refractivity contribution in [3.63, 3.8) is 0 Å². The lowest BCUT2D eigenvalue weighted by Gasteiger charge is -2.15. The lowest BCUT2D eigenvalue weighted by Crippen LogP contribution is -2.21. The van der Waals surface area contributed by atoms with Gasteiger partial charge in [0.05, 0.1) is 16.0 Å². The first kappa shape index (κ1) is 20.3. The first-order chi connectivity index (χ1) is 13.0. The predicted molar refractivity (Wildman–Crippen MR) is 103 cm³/mol. The lowest BCUT2D eigenvalue weighted by molar-refractivity contribution is -0.136. The lowest BCUT2D eigenvalue weighted by atomic mass is 10.1. The van der Waals surface area contributed by atoms with Crippen LogP contribution in [0.15, 0.2) is 63.1 Å². The third-order valence-electron chi connectivity index (χ3n) is 4.16. The molecule has 3 aromatic rings. The Balaban J connectivity index is 2.15. The highest BCUT2D eigenvalue weighted by atomic mass is 32.2. The van der Waals surface area contributed by atoms with E-state index in [2.05, 4.69) is 4.72 Å². The van der Waals surface area contributed by atoms with Gasteiger partial charge in [-0.2, -0.15) is 13.2 Å². The highest BCUT2D eigenvalue weighted by Gasteiger charge is 2.34. The zero-order valence-corrected chi connectivity index (χ0v) is 16.4. The number of hydrogen-bond donors (Lipinski definition) is 1. The van der Waals surface area contributed by atoms with Gasteiger partial charge in [-0.3, -0.25) is 9.52 Å². The molecule has 3 rings (SSSR count). The van der Waals surface area contributed by atoms with Gasteiger partial charge in [-0.15, -0.1) is 11.8 Å². The summed E-state index contributed by atoms with van der Waals surface area (Å²) in [7, 11) is -2.80. The minimum Gasteiger partial charge on any atom is -0.311 e. The van der Waals surface area contributed by atoms with Crippen LogP contribution in [0.25, 0.3) is 10.9 Å². The standard InChI is InChI=1S/C18H15F3N2O3S2/c1-23-16-7-6-13(9-14(16)15(10-17(23)24)18(19,20)21)28(25,26)22-11-4-3-5-12(8-11)27-2/h3-10,22H,1-2H3. The highest BCUT2D eigenvalue weighted by Crippen LogP contribution is 2.34. The molecule has 0 fully saturated rings. The summed E-state index contributed by atoms with van der Waals surface area (Å²) in [6.45, 7) is 0. The molecule has 0 unspecified atom stereocenters. The molecule has 0 atom stereocenters. The Morgan fingerprint density at radius 3 is 2.43 bits per heavy atom. The van der Waals surface area contributed by atoms with Crippen molar-refractivity contribution in [1.82, 2.24) is 4.57 Å². The zero-order chi connectivity index (χ0) is 20.7. The summed E-state index contributed by atoms with van der Waals surface area (Å²) in [6, 6.07) is 10.4. The molecule has 1 heterocycles. The molecule has 0 saturated heterocycles. The second kappa shape index (κ2) is 7.17. The van der Waals surface area contributed by atoms with Gasteiger partial charge >= 0.3 is 6.18 Å². The summed E-state index contributed by atoms with van der Waals surface area (Å²) < 4.78 is 68.9. The monoisotopic (exact) mass is 428 g/mol. The van der Waals surface area contributed by atoms with Crippen LogP contribution in [0.4, 0.5) is 18.9 Å². The molecule has 0 radical (unpaired) electrons. The van der Waals surface area contributed by atoms with Gasteiger partial charge in [-0.05, 0) is 42.7 Å². The fourth-order valence-corrected chi connectivity index (χ4v) is 4.28. The van der Waals surface area contributed by atoms with E-state index in [-0.39, 0.29) is 15.8 Å². The van der Waals surface area contributed by atoms with E-state index in [9.17, 15) is 26.4 Å². The van der Waals surface area contributed by atoms with Crippen molar-refractivity contribution < 1.29 is 21.6 Å². The number of fused-ring (bicyclic) bond motifs is 1. The van der Waals surface area contributed by atoms with Crippen LogP contribution < -0.4 is 10.3 Å². The number of nitrogens with zero attached hydrogens (tertiary/aromatic N) is 1. The Hall–Kier alpha value is -2.46. The molecule has 5 nitrogen and oxygen atoms in total. The number of halogens is 3. The van der Waals surface area contributed by atoms with E-state index < -0.39 is 27.3 Å². The molecule has 28 heavy (non-hydrogen) atoms. The van der Waals surface area contributed by atoms with Crippen molar-refractivity contribution in [2.24, 2.45) is 7.05 Å². The SMILES string of the molecule is CSc1cccc(NS(=O)(=O)c2ccc3c(c2)c(C(F)(F)F)cc(=O)n3C)c1. The van der Waals surface area contributed by atoms with Crippen molar-refractivity contribution in [2.45, 2.75) is 16.0 Å². The van der Waals surface area contributed by atoms with Gasteiger partial charge in [0.2, 0.25) is 0 Å². The maximum absolute atomic E-state index is 13.4. The highest BCUT2D eigenvalue weighted by molar-refractivity contribution is 7.98. The van der Waals surface area contributed by atoms with Crippen LogP contribution in [0.2, 0.25) is 0 Å². The Morgan fingerprint density at radius 1 is 1.07 bits per heavy atom. The fraction of sp³-hybridized carbons (Fsp3) is 0.167. The number of pyridine rings is 1. The van der Waals surface area contributed by atoms with Crippen molar-refractivity contribution in [3.05, 3.63) is 64.4 Å². The first-order valence-corrected chi connectivity index (χ1v) is 10.6. The fourth-order valence-electron chi connectivity index (χ4n) is 2.74. The van der Waals surface area contributed by atoms with E-state index in [1.807, 2.05) is 6.26 Å². The third kappa shape index (κ3) is 3.88. The number of thioether (sulfide) groups is 1. The minimum atomic E-state index is -4.80. The second-order valence-corrected chi connectivity index (χ2v) is 8.53. The Bertz CT molecular complexity index is 1220. The number of aryl methyl sites for hydroxylation is 1. The molecule has 2 aromatic carbocycles. The molecule has 0 aliphatic carbocycles. The number of alkyl halides is 3. The number of anilines is 1. The zero-order valence-electron chi connectivity index (χ0n) is 14.7. The number of benzene rings is 2. The summed E-state index contributed by atoms with van der Waals surface area (Å²) in [5.74, 6) is 0. The van der Waals surface area contributed by atoms with E-state index in [1.165, 1.54) is 30.9 Å². The normalized spacial score (nSPS) is 12.3. The first-order valence-electron chi connectivity index (χ1n) is 7.91. The number of sulfonamides is 1. The number of nitrogens with one attached hydrogen (secondary N) is 1. The molecule has 0 saturated carbocycles. The van der Waals surface area contributed by atoms with E-state index in [4.69, 9.17) is 0 Å². The van der Waals surface area contributed by atoms with Crippen LogP contribution in [0.1, 0.15) is 5.56 Å². The number of hydrogen-bond acceptors (Lipinski definition) is 4. The minimum absolute atomic E-state index is 0.0110. The summed E-state index contributed by atoms with van der Waals surface area (Å²) >= 11 is 1.42. The molecular weight excluding hydrogens is 413 g/mol. The Kier molecular flexibility index (Phi) is 5.20. The van der Waals surface area contributed by atoms with Crippen LogP contribution in [0, 0.1) is 0 Å². The average molecular weight is 428 g/mol. The van der Waals surface area contributed by atoms with E-state index in [1.54, 1.807) is 24.3 Å². The maximum Gasteiger partial charge on any atom is 0.417 e. The van der Waals surface area contributed by atoms with Gasteiger partial charge in [0, 0.05) is 29.1 Å². The van der Waals surface area contributed by atoms with Crippen molar-refractivity contribution >= 4 is 38.4 Å². The molecule has 0 aliphatic rings. The summed E-state index contributed by atoms with van der Waals surface area (Å²) in [4.78, 5) is 12.3. The van der Waals surface area contributed by atoms with Gasteiger partial charge in [0.25, 0.3) is 15.6 Å². The summed E-state index contributed by atoms with van der Waals surface area (Å²) in [5.41, 5.74) is -1.72. The van der Waals surface area contributed by atoms with E-state index >= 15 is 0 Å². The van der Waals surface area contributed by atoms with Gasteiger partial charge in [-0.1, -0.05) is 6.07 Å². The van der Waals surface area contributed by atoms with Crippen LogP contribution in [0.3, 0.4) is 0 Å². The smallest absolute Gasteiger partial charge is 0.311 e. The Morgan fingerprint density at radius 2 is 1.79 bits per heavy atom. The van der Waals surface area contributed by atoms with Crippen LogP contribution in [0.5, 0.6) is 0 Å². The van der Waals surface area contributed by atoms with Gasteiger partial charge in [-0.25, -0.2) is 8.42 Å². The van der Waals surface area contributed by atoms with Gasteiger partial charge in [0.15, 0.2) is 0 Å². The molecule has 1 N–H and O–H groups in total. The molecule has 0 bridgehead atoms. The second-order valence-electron chi connectivity index (χ2n) is 5.97. The largest absolute Gasteiger partial charge is 0.417 e. The maximum atomic E-state index is 13.4. The molecular formula is C18H15F3N2O3S2. The van der Waals surface area contributed by atoms with E-state index in [0.29, 0.717) is 11.8 Å². The Labute approximate surface area is 163 Å². The molecule has 1 aromatic heterocycles. The van der Waals surface area contributed by atoms with Gasteiger partial charge in [0.1, 0.15) is 0 Å².